The number of esters is 1. The molecule has 150 valence electrons. The van der Waals surface area contributed by atoms with Crippen LogP contribution in [0.15, 0.2) is 24.3 Å². The number of rotatable bonds is 5. The van der Waals surface area contributed by atoms with Gasteiger partial charge in [-0.2, -0.15) is 0 Å². The Labute approximate surface area is 164 Å². The number of nitrogens with zero attached hydrogens (tertiary/aromatic N) is 2. The molecule has 2 aliphatic rings. The van der Waals surface area contributed by atoms with E-state index in [0.717, 1.165) is 42.5 Å². The van der Waals surface area contributed by atoms with Crippen molar-refractivity contribution in [3.63, 3.8) is 0 Å². The molecule has 2 aromatic rings. The largest absolute Gasteiger partial charge is 0.468 e. The first-order valence-corrected chi connectivity index (χ1v) is 9.93. The number of fused-ring (bicyclic) bond motifs is 2. The predicted molar refractivity (Wildman–Crippen MR) is 104 cm³/mol. The average molecular weight is 385 g/mol. The van der Waals surface area contributed by atoms with Crippen molar-refractivity contribution in [2.45, 2.75) is 57.3 Å². The first-order valence-electron chi connectivity index (χ1n) is 9.93. The standard InChI is InChI=1S/C20H27N5O3/c1-3-17-22-15-6-4-5-7-16(15)25(17)11-18(26)21-12-8-9-14-13(10-12)19(24-23-14)20(27)28-2/h4-7,12-14,19,23-24H,3,8-11H2,1-2H3,(H,21,26). The van der Waals surface area contributed by atoms with Gasteiger partial charge in [0.15, 0.2) is 0 Å². The maximum absolute atomic E-state index is 12.8. The molecule has 0 bridgehead atoms. The average Bonchev–Trinajstić information content (AvgIpc) is 3.28. The Morgan fingerprint density at radius 3 is 2.89 bits per heavy atom. The zero-order valence-electron chi connectivity index (χ0n) is 16.3. The lowest BCUT2D eigenvalue weighted by Gasteiger charge is -2.33. The molecular formula is C20H27N5O3. The highest BCUT2D eigenvalue weighted by Crippen LogP contribution is 2.31. The molecule has 1 aromatic carbocycles. The Morgan fingerprint density at radius 2 is 2.11 bits per heavy atom. The summed E-state index contributed by atoms with van der Waals surface area (Å²) < 4.78 is 6.89. The topological polar surface area (TPSA) is 97.3 Å². The van der Waals surface area contributed by atoms with E-state index in [1.165, 1.54) is 7.11 Å². The molecule has 28 heavy (non-hydrogen) atoms. The second-order valence-electron chi connectivity index (χ2n) is 7.59. The number of imidazole rings is 1. The highest BCUT2D eigenvalue weighted by Gasteiger charge is 2.44. The van der Waals surface area contributed by atoms with Gasteiger partial charge in [-0.25, -0.2) is 10.4 Å². The van der Waals surface area contributed by atoms with Crippen LogP contribution in [0, 0.1) is 5.92 Å². The fraction of sp³-hybridized carbons (Fsp3) is 0.550. The van der Waals surface area contributed by atoms with E-state index in [1.54, 1.807) is 0 Å². The summed E-state index contributed by atoms with van der Waals surface area (Å²) >= 11 is 0. The van der Waals surface area contributed by atoms with Crippen molar-refractivity contribution in [1.29, 1.82) is 0 Å². The normalized spacial score (nSPS) is 26.8. The molecule has 3 N–H and O–H groups in total. The van der Waals surface area contributed by atoms with E-state index in [2.05, 4.69) is 21.2 Å². The van der Waals surface area contributed by atoms with Crippen molar-refractivity contribution in [3.8, 4) is 0 Å². The van der Waals surface area contributed by atoms with Gasteiger partial charge in [0, 0.05) is 24.4 Å². The molecule has 2 fully saturated rings. The summed E-state index contributed by atoms with van der Waals surface area (Å²) in [7, 11) is 1.40. The van der Waals surface area contributed by atoms with E-state index in [1.807, 2.05) is 35.8 Å². The molecule has 8 nitrogen and oxygen atoms in total. The van der Waals surface area contributed by atoms with E-state index in [0.29, 0.717) is 0 Å². The Hall–Kier alpha value is -2.45. The SMILES string of the molecule is CCc1nc2ccccc2n1CC(=O)NC1CCC2NNC(C(=O)OC)C2C1. The van der Waals surface area contributed by atoms with Crippen LogP contribution < -0.4 is 16.2 Å². The van der Waals surface area contributed by atoms with Crippen LogP contribution in [0.2, 0.25) is 0 Å². The first-order chi connectivity index (χ1) is 13.6. The van der Waals surface area contributed by atoms with Crippen molar-refractivity contribution >= 4 is 22.9 Å². The second-order valence-corrected chi connectivity index (χ2v) is 7.59. The van der Waals surface area contributed by atoms with Gasteiger partial charge in [-0.05, 0) is 31.4 Å². The molecule has 2 heterocycles. The van der Waals surface area contributed by atoms with Gasteiger partial charge in [-0.1, -0.05) is 19.1 Å². The molecule has 1 saturated heterocycles. The van der Waals surface area contributed by atoms with Crippen LogP contribution in [0.3, 0.4) is 0 Å². The predicted octanol–water partition coefficient (Wildman–Crippen LogP) is 0.902. The summed E-state index contributed by atoms with van der Waals surface area (Å²) in [6.45, 7) is 2.30. The Balaban J connectivity index is 1.43. The molecular weight excluding hydrogens is 358 g/mol. The highest BCUT2D eigenvalue weighted by atomic mass is 16.5. The molecule has 8 heteroatoms. The fourth-order valence-electron chi connectivity index (χ4n) is 4.54. The van der Waals surface area contributed by atoms with E-state index in [-0.39, 0.29) is 42.5 Å². The van der Waals surface area contributed by atoms with E-state index < -0.39 is 0 Å². The van der Waals surface area contributed by atoms with Gasteiger partial charge >= 0.3 is 5.97 Å². The van der Waals surface area contributed by atoms with Crippen molar-refractivity contribution in [1.82, 2.24) is 25.7 Å². The Bertz CT molecular complexity index is 880. The van der Waals surface area contributed by atoms with Gasteiger partial charge in [0.05, 0.1) is 18.1 Å². The molecule has 1 saturated carbocycles. The second kappa shape index (κ2) is 7.89. The minimum atomic E-state index is -0.362. The number of hydrazine groups is 1. The number of hydrogen-bond donors (Lipinski definition) is 3. The Kier molecular flexibility index (Phi) is 5.32. The van der Waals surface area contributed by atoms with Crippen molar-refractivity contribution in [2.75, 3.05) is 7.11 Å². The number of amides is 1. The van der Waals surface area contributed by atoms with Crippen LogP contribution in [0.5, 0.6) is 0 Å². The molecule has 1 amide bonds. The number of ether oxygens (including phenoxy) is 1. The summed E-state index contributed by atoms with van der Waals surface area (Å²) in [5.41, 5.74) is 8.13. The van der Waals surface area contributed by atoms with Crippen LogP contribution >= 0.6 is 0 Å². The number of carbonyl (C=O) groups is 2. The van der Waals surface area contributed by atoms with E-state index >= 15 is 0 Å². The van der Waals surface area contributed by atoms with Gasteiger partial charge in [-0.15, -0.1) is 0 Å². The van der Waals surface area contributed by atoms with Crippen LogP contribution in [-0.4, -0.2) is 46.7 Å². The third kappa shape index (κ3) is 3.49. The molecule has 0 radical (unpaired) electrons. The Morgan fingerprint density at radius 1 is 1.29 bits per heavy atom. The van der Waals surface area contributed by atoms with Crippen LogP contribution in [0.4, 0.5) is 0 Å². The lowest BCUT2D eigenvalue weighted by atomic mass is 9.79. The van der Waals surface area contributed by atoms with E-state index in [9.17, 15) is 9.59 Å². The van der Waals surface area contributed by atoms with Gasteiger partial charge < -0.3 is 14.6 Å². The number of aromatic nitrogens is 2. The maximum Gasteiger partial charge on any atom is 0.324 e. The number of methoxy groups -OCH3 is 1. The monoisotopic (exact) mass is 385 g/mol. The molecule has 1 aromatic heterocycles. The minimum Gasteiger partial charge on any atom is -0.468 e. The molecule has 4 unspecified atom stereocenters. The molecule has 1 aliphatic heterocycles. The summed E-state index contributed by atoms with van der Waals surface area (Å²) in [5, 5.41) is 3.17. The number of carbonyl (C=O) groups excluding carboxylic acids is 2. The maximum atomic E-state index is 12.8. The lowest BCUT2D eigenvalue weighted by molar-refractivity contribution is -0.144. The van der Waals surface area contributed by atoms with Crippen LogP contribution in [0.25, 0.3) is 11.0 Å². The summed E-state index contributed by atoms with van der Waals surface area (Å²) in [4.78, 5) is 29.4. The quantitative estimate of drug-likeness (QED) is 0.662. The molecule has 4 rings (SSSR count). The third-order valence-corrected chi connectivity index (χ3v) is 5.92. The van der Waals surface area contributed by atoms with Gasteiger partial charge in [0.25, 0.3) is 0 Å². The van der Waals surface area contributed by atoms with Gasteiger partial charge in [0.1, 0.15) is 18.4 Å². The van der Waals surface area contributed by atoms with Crippen LogP contribution in [0.1, 0.15) is 32.0 Å². The smallest absolute Gasteiger partial charge is 0.324 e. The molecule has 4 atom stereocenters. The molecule has 0 spiro atoms. The third-order valence-electron chi connectivity index (χ3n) is 5.92. The lowest BCUT2D eigenvalue weighted by Crippen LogP contribution is -2.46. The number of para-hydroxylation sites is 2. The number of hydrogen-bond acceptors (Lipinski definition) is 6. The zero-order valence-corrected chi connectivity index (χ0v) is 16.3. The minimum absolute atomic E-state index is 0.0187. The van der Waals surface area contributed by atoms with Gasteiger partial charge in [-0.3, -0.25) is 15.0 Å². The summed E-state index contributed by atoms with van der Waals surface area (Å²) in [6.07, 6.45) is 3.32. The van der Waals surface area contributed by atoms with E-state index in [4.69, 9.17) is 4.74 Å². The van der Waals surface area contributed by atoms with Gasteiger partial charge in [0.2, 0.25) is 5.91 Å². The molecule has 1 aliphatic carbocycles. The zero-order chi connectivity index (χ0) is 19.7. The summed E-state index contributed by atoms with van der Waals surface area (Å²) in [5.74, 6) is 0.751. The van der Waals surface area contributed by atoms with Crippen molar-refractivity contribution in [2.24, 2.45) is 5.92 Å². The first kappa shape index (κ1) is 18.9. The number of benzene rings is 1. The van der Waals surface area contributed by atoms with Crippen molar-refractivity contribution in [3.05, 3.63) is 30.1 Å². The highest BCUT2D eigenvalue weighted by molar-refractivity contribution is 5.81. The number of nitrogens with one attached hydrogen (secondary N) is 3. The number of aryl methyl sites for hydroxylation is 1. The fourth-order valence-corrected chi connectivity index (χ4v) is 4.54. The summed E-state index contributed by atoms with van der Waals surface area (Å²) in [6, 6.07) is 7.82. The van der Waals surface area contributed by atoms with Crippen LogP contribution in [-0.2, 0) is 27.3 Å². The van der Waals surface area contributed by atoms with Crippen molar-refractivity contribution < 1.29 is 14.3 Å².